The summed E-state index contributed by atoms with van der Waals surface area (Å²) in [7, 11) is 0. The van der Waals surface area contributed by atoms with Crippen LogP contribution in [0.5, 0.6) is 0 Å². The van der Waals surface area contributed by atoms with Gasteiger partial charge in [-0.1, -0.05) is 40.1 Å². The fourth-order valence-electron chi connectivity index (χ4n) is 1.81. The zero-order chi connectivity index (χ0) is 14.5. The van der Waals surface area contributed by atoms with Crippen molar-refractivity contribution in [3.63, 3.8) is 0 Å². The van der Waals surface area contributed by atoms with Crippen LogP contribution in [-0.2, 0) is 9.53 Å². The molecule has 1 aromatic heterocycles. The van der Waals surface area contributed by atoms with Crippen LogP contribution in [0.25, 0.3) is 11.4 Å². The van der Waals surface area contributed by atoms with Gasteiger partial charge in [0.25, 0.3) is 0 Å². The van der Waals surface area contributed by atoms with E-state index in [9.17, 15) is 4.79 Å². The Hall–Kier alpha value is -1.69. The molecule has 1 atom stereocenters. The van der Waals surface area contributed by atoms with Crippen molar-refractivity contribution in [3.05, 3.63) is 34.6 Å². The molecule has 1 aromatic carbocycles. The number of rotatable bonds is 5. The van der Waals surface area contributed by atoms with Crippen LogP contribution in [0, 0.1) is 0 Å². The minimum Gasteiger partial charge on any atom is -0.465 e. The zero-order valence-electron chi connectivity index (χ0n) is 11.3. The molecule has 0 radical (unpaired) electrons. The van der Waals surface area contributed by atoms with Gasteiger partial charge in [0.2, 0.25) is 11.7 Å². The van der Waals surface area contributed by atoms with Crippen LogP contribution in [0.1, 0.15) is 32.1 Å². The van der Waals surface area contributed by atoms with Gasteiger partial charge in [0, 0.05) is 10.0 Å². The molecule has 2 rings (SSSR count). The van der Waals surface area contributed by atoms with Gasteiger partial charge < -0.3 is 9.26 Å². The molecular weight excluding hydrogens is 324 g/mol. The predicted octanol–water partition coefficient (Wildman–Crippen LogP) is 3.56. The Morgan fingerprint density at radius 2 is 2.15 bits per heavy atom. The average molecular weight is 339 g/mol. The lowest BCUT2D eigenvalue weighted by molar-refractivity contribution is -0.145. The molecule has 0 saturated carbocycles. The molecule has 0 bridgehead atoms. The molecule has 0 aliphatic carbocycles. The summed E-state index contributed by atoms with van der Waals surface area (Å²) in [5.74, 6) is -0.108. The van der Waals surface area contributed by atoms with Gasteiger partial charge in [-0.25, -0.2) is 0 Å². The molecule has 6 heteroatoms. The first-order valence-corrected chi connectivity index (χ1v) is 7.21. The number of ether oxygens (including phenoxy) is 1. The van der Waals surface area contributed by atoms with Crippen LogP contribution in [0.4, 0.5) is 0 Å². The first-order valence-electron chi connectivity index (χ1n) is 6.42. The third-order valence-corrected chi connectivity index (χ3v) is 3.53. The number of hydrogen-bond acceptors (Lipinski definition) is 5. The summed E-state index contributed by atoms with van der Waals surface area (Å²) >= 11 is 3.44. The summed E-state index contributed by atoms with van der Waals surface area (Å²) in [6, 6.07) is 7.57. The number of benzene rings is 1. The Labute approximate surface area is 125 Å². The van der Waals surface area contributed by atoms with Crippen LogP contribution in [0.3, 0.4) is 0 Å². The van der Waals surface area contributed by atoms with Crippen LogP contribution < -0.4 is 0 Å². The molecule has 1 heterocycles. The van der Waals surface area contributed by atoms with Crippen LogP contribution in [-0.4, -0.2) is 22.7 Å². The lowest BCUT2D eigenvalue weighted by atomic mass is 10.1. The summed E-state index contributed by atoms with van der Waals surface area (Å²) in [6.07, 6.45) is 0.552. The Kier molecular flexibility index (Phi) is 4.89. The van der Waals surface area contributed by atoms with E-state index < -0.39 is 5.92 Å². The molecule has 0 spiro atoms. The highest BCUT2D eigenvalue weighted by Crippen LogP contribution is 2.28. The van der Waals surface area contributed by atoms with E-state index in [1.807, 2.05) is 31.2 Å². The number of carbonyl (C=O) groups excluding carboxylic acids is 1. The first-order chi connectivity index (χ1) is 9.67. The van der Waals surface area contributed by atoms with Crippen LogP contribution in [0.2, 0.25) is 0 Å². The quantitative estimate of drug-likeness (QED) is 0.780. The molecule has 0 saturated heterocycles. The second-order valence-corrected chi connectivity index (χ2v) is 5.00. The topological polar surface area (TPSA) is 65.2 Å². The van der Waals surface area contributed by atoms with Gasteiger partial charge in [0.05, 0.1) is 6.61 Å². The van der Waals surface area contributed by atoms with Gasteiger partial charge >= 0.3 is 5.97 Å². The fourth-order valence-corrected chi connectivity index (χ4v) is 2.28. The van der Waals surface area contributed by atoms with Gasteiger partial charge in [-0.2, -0.15) is 4.98 Å². The number of halogens is 1. The second-order valence-electron chi connectivity index (χ2n) is 4.15. The molecule has 106 valence electrons. The summed E-state index contributed by atoms with van der Waals surface area (Å²) in [4.78, 5) is 16.1. The van der Waals surface area contributed by atoms with Crippen molar-refractivity contribution in [2.75, 3.05) is 6.61 Å². The van der Waals surface area contributed by atoms with Gasteiger partial charge in [-0.3, -0.25) is 4.79 Å². The van der Waals surface area contributed by atoms with E-state index in [1.54, 1.807) is 6.92 Å². The van der Waals surface area contributed by atoms with E-state index in [0.29, 0.717) is 18.9 Å². The van der Waals surface area contributed by atoms with Crippen molar-refractivity contribution in [3.8, 4) is 11.4 Å². The number of hydrogen-bond donors (Lipinski definition) is 0. The maximum Gasteiger partial charge on any atom is 0.318 e. The Morgan fingerprint density at radius 1 is 1.40 bits per heavy atom. The second kappa shape index (κ2) is 6.65. The van der Waals surface area contributed by atoms with E-state index in [1.165, 1.54) is 0 Å². The fraction of sp³-hybridized carbons (Fsp3) is 0.357. The maximum atomic E-state index is 11.8. The molecule has 0 amide bonds. The van der Waals surface area contributed by atoms with E-state index in [2.05, 4.69) is 26.1 Å². The highest BCUT2D eigenvalue weighted by Gasteiger charge is 2.26. The maximum absolute atomic E-state index is 11.8. The minimum atomic E-state index is -0.515. The predicted molar refractivity (Wildman–Crippen MR) is 77.1 cm³/mol. The SMILES string of the molecule is CCOC(=O)C(CC)c1nc(-c2ccccc2Br)no1. The largest absolute Gasteiger partial charge is 0.465 e. The number of carbonyl (C=O) groups is 1. The Bertz CT molecular complexity index is 598. The minimum absolute atomic E-state index is 0.289. The van der Waals surface area contributed by atoms with Crippen molar-refractivity contribution >= 4 is 21.9 Å². The summed E-state index contributed by atoms with van der Waals surface area (Å²) in [5.41, 5.74) is 0.821. The van der Waals surface area contributed by atoms with E-state index in [4.69, 9.17) is 9.26 Å². The smallest absolute Gasteiger partial charge is 0.318 e. The van der Waals surface area contributed by atoms with E-state index >= 15 is 0 Å². The van der Waals surface area contributed by atoms with Gasteiger partial charge in [-0.05, 0) is 25.5 Å². The van der Waals surface area contributed by atoms with Crippen molar-refractivity contribution < 1.29 is 14.1 Å². The summed E-state index contributed by atoms with van der Waals surface area (Å²) in [5, 5.41) is 3.93. The standard InChI is InChI=1S/C14H15BrN2O3/c1-3-9(14(18)19-4-2)13-16-12(17-20-13)10-7-5-6-8-11(10)15/h5-9H,3-4H2,1-2H3. The Balaban J connectivity index is 2.28. The highest BCUT2D eigenvalue weighted by atomic mass is 79.9. The van der Waals surface area contributed by atoms with Crippen LogP contribution >= 0.6 is 15.9 Å². The van der Waals surface area contributed by atoms with Crippen molar-refractivity contribution in [1.82, 2.24) is 10.1 Å². The molecule has 0 aliphatic heterocycles. The summed E-state index contributed by atoms with van der Waals surface area (Å²) in [6.45, 7) is 3.98. The van der Waals surface area contributed by atoms with Crippen molar-refractivity contribution in [1.29, 1.82) is 0 Å². The van der Waals surface area contributed by atoms with Gasteiger partial charge in [-0.15, -0.1) is 0 Å². The van der Waals surface area contributed by atoms with E-state index in [-0.39, 0.29) is 11.9 Å². The third kappa shape index (κ3) is 3.07. The average Bonchev–Trinajstić information content (AvgIpc) is 2.90. The lowest BCUT2D eigenvalue weighted by Crippen LogP contribution is -2.15. The molecule has 2 aromatic rings. The molecular formula is C14H15BrN2O3. The molecule has 1 unspecified atom stereocenters. The van der Waals surface area contributed by atoms with E-state index in [0.717, 1.165) is 10.0 Å². The summed E-state index contributed by atoms with van der Waals surface area (Å²) < 4.78 is 11.1. The third-order valence-electron chi connectivity index (χ3n) is 2.83. The molecule has 0 N–H and O–H groups in total. The Morgan fingerprint density at radius 3 is 2.80 bits per heavy atom. The molecule has 0 fully saturated rings. The van der Waals surface area contributed by atoms with Crippen LogP contribution in [0.15, 0.2) is 33.3 Å². The van der Waals surface area contributed by atoms with Gasteiger partial charge in [0.15, 0.2) is 0 Å². The zero-order valence-corrected chi connectivity index (χ0v) is 12.9. The first kappa shape index (κ1) is 14.7. The lowest BCUT2D eigenvalue weighted by Gasteiger charge is -2.08. The van der Waals surface area contributed by atoms with Gasteiger partial charge in [0.1, 0.15) is 5.92 Å². The normalized spacial score (nSPS) is 12.2. The monoisotopic (exact) mass is 338 g/mol. The molecule has 0 aliphatic rings. The molecule has 20 heavy (non-hydrogen) atoms. The van der Waals surface area contributed by atoms with Crippen molar-refractivity contribution in [2.45, 2.75) is 26.2 Å². The van der Waals surface area contributed by atoms with Crippen molar-refractivity contribution in [2.24, 2.45) is 0 Å². The highest BCUT2D eigenvalue weighted by molar-refractivity contribution is 9.10. The molecule has 5 nitrogen and oxygen atoms in total. The number of aromatic nitrogens is 2. The number of esters is 1. The number of nitrogens with zero attached hydrogens (tertiary/aromatic N) is 2.